The maximum absolute atomic E-state index is 13.4. The molecule has 0 unspecified atom stereocenters. The van der Waals surface area contributed by atoms with Gasteiger partial charge in [-0.15, -0.1) is 0 Å². The highest BCUT2D eigenvalue weighted by atomic mass is 35.5. The summed E-state index contributed by atoms with van der Waals surface area (Å²) in [5, 5.41) is 3.94. The van der Waals surface area contributed by atoms with Crippen LogP contribution in [0.15, 0.2) is 42.5 Å². The molecule has 1 fully saturated rings. The number of amides is 2. The van der Waals surface area contributed by atoms with Crippen molar-refractivity contribution in [3.8, 4) is 5.75 Å². The number of ether oxygens (including phenoxy) is 1. The summed E-state index contributed by atoms with van der Waals surface area (Å²) >= 11 is 12.2. The third-order valence-corrected chi connectivity index (χ3v) is 8.45. The van der Waals surface area contributed by atoms with Crippen molar-refractivity contribution in [3.63, 3.8) is 0 Å². The summed E-state index contributed by atoms with van der Waals surface area (Å²) in [5.41, 5.74) is 1.22. The van der Waals surface area contributed by atoms with Crippen molar-refractivity contribution in [2.75, 3.05) is 24.2 Å². The average molecular weight is 585 g/mol. The molecule has 38 heavy (non-hydrogen) atoms. The molecule has 3 rings (SSSR count). The summed E-state index contributed by atoms with van der Waals surface area (Å²) in [7, 11) is -2.16. The lowest BCUT2D eigenvalue weighted by atomic mass is 10.1. The van der Waals surface area contributed by atoms with Gasteiger partial charge >= 0.3 is 0 Å². The summed E-state index contributed by atoms with van der Waals surface area (Å²) in [4.78, 5) is 28.0. The van der Waals surface area contributed by atoms with Gasteiger partial charge < -0.3 is 15.0 Å². The third kappa shape index (κ3) is 8.25. The Labute approximate surface area is 235 Å². The van der Waals surface area contributed by atoms with Gasteiger partial charge in [-0.1, -0.05) is 48.2 Å². The fraction of sp³-hybridized carbons (Fsp3) is 0.481. The van der Waals surface area contributed by atoms with Gasteiger partial charge in [-0.25, -0.2) is 8.42 Å². The molecular formula is C27H35Cl2N3O5S. The number of halogens is 2. The molecule has 0 bridgehead atoms. The highest BCUT2D eigenvalue weighted by Crippen LogP contribution is 2.30. The summed E-state index contributed by atoms with van der Waals surface area (Å²) in [5.74, 6) is 0.00171. The van der Waals surface area contributed by atoms with Gasteiger partial charge in [0.1, 0.15) is 11.8 Å². The average Bonchev–Trinajstić information content (AvgIpc) is 3.38. The second kappa shape index (κ2) is 13.5. The van der Waals surface area contributed by atoms with Crippen LogP contribution in [0, 0.1) is 0 Å². The van der Waals surface area contributed by atoms with Gasteiger partial charge in [0, 0.05) is 30.6 Å². The SMILES string of the molecule is COc1ccc(N(CCCC(=O)N(Cc2ccc(Cl)cc2)[C@@H](C)C(=O)NC2CCCC2)S(C)(=O)=O)cc1Cl. The first-order chi connectivity index (χ1) is 18.0. The quantitative estimate of drug-likeness (QED) is 0.378. The number of anilines is 1. The molecule has 208 valence electrons. The number of carbonyl (C=O) groups is 2. The van der Waals surface area contributed by atoms with E-state index in [-0.39, 0.29) is 48.8 Å². The lowest BCUT2D eigenvalue weighted by Crippen LogP contribution is -2.49. The van der Waals surface area contributed by atoms with Crippen LogP contribution in [0.3, 0.4) is 0 Å². The van der Waals surface area contributed by atoms with Crippen molar-refractivity contribution in [3.05, 3.63) is 58.1 Å². The van der Waals surface area contributed by atoms with E-state index in [9.17, 15) is 18.0 Å². The molecule has 1 saturated carbocycles. The van der Waals surface area contributed by atoms with Gasteiger partial charge in [0.05, 0.1) is 24.1 Å². The minimum absolute atomic E-state index is 0.0601. The monoisotopic (exact) mass is 583 g/mol. The molecule has 1 N–H and O–H groups in total. The van der Waals surface area contributed by atoms with E-state index in [0.717, 1.165) is 37.5 Å². The molecule has 1 aliphatic rings. The van der Waals surface area contributed by atoms with Crippen LogP contribution in [0.1, 0.15) is 51.0 Å². The van der Waals surface area contributed by atoms with Gasteiger partial charge in [-0.2, -0.15) is 0 Å². The molecule has 1 atom stereocenters. The van der Waals surface area contributed by atoms with Crippen LogP contribution >= 0.6 is 23.2 Å². The number of nitrogens with zero attached hydrogens (tertiary/aromatic N) is 2. The number of nitrogens with one attached hydrogen (secondary N) is 1. The van der Waals surface area contributed by atoms with Crippen molar-refractivity contribution in [1.29, 1.82) is 0 Å². The van der Waals surface area contributed by atoms with E-state index in [0.29, 0.717) is 16.5 Å². The molecule has 1 aliphatic carbocycles. The van der Waals surface area contributed by atoms with Crippen molar-refractivity contribution in [2.45, 2.75) is 64.1 Å². The van der Waals surface area contributed by atoms with Crippen molar-refractivity contribution < 1.29 is 22.7 Å². The zero-order valence-corrected chi connectivity index (χ0v) is 24.3. The summed E-state index contributed by atoms with van der Waals surface area (Å²) in [6.07, 6.45) is 5.48. The Balaban J connectivity index is 1.72. The van der Waals surface area contributed by atoms with Crippen LogP contribution in [0.2, 0.25) is 10.0 Å². The van der Waals surface area contributed by atoms with E-state index >= 15 is 0 Å². The van der Waals surface area contributed by atoms with Crippen LogP contribution in [0.25, 0.3) is 0 Å². The minimum atomic E-state index is -3.64. The van der Waals surface area contributed by atoms with Crippen molar-refractivity contribution >= 4 is 50.7 Å². The normalized spacial score (nSPS) is 14.7. The van der Waals surface area contributed by atoms with Crippen LogP contribution in [-0.4, -0.2) is 57.1 Å². The van der Waals surface area contributed by atoms with Gasteiger partial charge in [0.15, 0.2) is 0 Å². The molecule has 2 aromatic rings. The van der Waals surface area contributed by atoms with Crippen molar-refractivity contribution in [2.24, 2.45) is 0 Å². The predicted octanol–water partition coefficient (Wildman–Crippen LogP) is 5.02. The number of hydrogen-bond acceptors (Lipinski definition) is 5. The molecule has 0 spiro atoms. The molecule has 0 aromatic heterocycles. The molecule has 0 heterocycles. The minimum Gasteiger partial charge on any atom is -0.495 e. The maximum atomic E-state index is 13.4. The van der Waals surface area contributed by atoms with Crippen LogP contribution in [0.4, 0.5) is 5.69 Å². The second-order valence-electron chi connectivity index (χ2n) is 9.57. The van der Waals surface area contributed by atoms with E-state index in [1.807, 2.05) is 12.1 Å². The van der Waals surface area contributed by atoms with E-state index in [1.165, 1.54) is 17.5 Å². The van der Waals surface area contributed by atoms with E-state index in [4.69, 9.17) is 27.9 Å². The Bertz CT molecular complexity index is 1220. The maximum Gasteiger partial charge on any atom is 0.242 e. The Morgan fingerprint density at radius 3 is 2.34 bits per heavy atom. The van der Waals surface area contributed by atoms with E-state index < -0.39 is 16.1 Å². The number of hydrogen-bond donors (Lipinski definition) is 1. The zero-order valence-electron chi connectivity index (χ0n) is 22.0. The molecule has 8 nitrogen and oxygen atoms in total. The smallest absolute Gasteiger partial charge is 0.242 e. The summed E-state index contributed by atoms with van der Waals surface area (Å²) in [6, 6.07) is 11.3. The van der Waals surface area contributed by atoms with E-state index in [2.05, 4.69) is 5.32 Å². The Kier molecular flexibility index (Phi) is 10.7. The standard InChI is InChI=1S/C27H35Cl2N3O5S/c1-19(27(34)30-22-7-4-5-8-22)31(18-20-10-12-21(28)13-11-20)26(33)9-6-16-32(38(3,35)36)23-14-15-25(37-2)24(29)17-23/h10-15,17,19,22H,4-9,16,18H2,1-3H3,(H,30,34)/t19-/m0/s1. The zero-order chi connectivity index (χ0) is 27.9. The highest BCUT2D eigenvalue weighted by Gasteiger charge is 2.29. The lowest BCUT2D eigenvalue weighted by Gasteiger charge is -2.30. The first-order valence-electron chi connectivity index (χ1n) is 12.6. The number of methoxy groups -OCH3 is 1. The molecule has 0 radical (unpaired) electrons. The molecule has 11 heteroatoms. The van der Waals surface area contributed by atoms with Gasteiger partial charge in [-0.3, -0.25) is 13.9 Å². The van der Waals surface area contributed by atoms with Gasteiger partial charge in [0.25, 0.3) is 0 Å². The van der Waals surface area contributed by atoms with Gasteiger partial charge in [-0.05, 0) is 62.1 Å². The fourth-order valence-electron chi connectivity index (χ4n) is 4.58. The highest BCUT2D eigenvalue weighted by molar-refractivity contribution is 7.92. The number of carbonyl (C=O) groups excluding carboxylic acids is 2. The fourth-order valence-corrected chi connectivity index (χ4v) is 5.91. The molecule has 0 aliphatic heterocycles. The molecule has 0 saturated heterocycles. The van der Waals surface area contributed by atoms with Crippen LogP contribution in [-0.2, 0) is 26.2 Å². The summed E-state index contributed by atoms with van der Waals surface area (Å²) in [6.45, 7) is 2.03. The Morgan fingerprint density at radius 1 is 1.11 bits per heavy atom. The topological polar surface area (TPSA) is 96.0 Å². The predicted molar refractivity (Wildman–Crippen MR) is 151 cm³/mol. The number of rotatable bonds is 12. The largest absolute Gasteiger partial charge is 0.495 e. The Morgan fingerprint density at radius 2 is 1.76 bits per heavy atom. The lowest BCUT2D eigenvalue weighted by molar-refractivity contribution is -0.141. The molecule has 2 amide bonds. The number of sulfonamides is 1. The number of benzene rings is 2. The second-order valence-corrected chi connectivity index (χ2v) is 12.3. The first-order valence-corrected chi connectivity index (χ1v) is 15.3. The van der Waals surface area contributed by atoms with Crippen LogP contribution in [0.5, 0.6) is 5.75 Å². The first kappa shape index (κ1) is 30.1. The van der Waals surface area contributed by atoms with Gasteiger partial charge in [0.2, 0.25) is 21.8 Å². The molecular weight excluding hydrogens is 549 g/mol. The Hall–Kier alpha value is -2.49. The van der Waals surface area contributed by atoms with Crippen molar-refractivity contribution in [1.82, 2.24) is 10.2 Å². The van der Waals surface area contributed by atoms with E-state index in [1.54, 1.807) is 36.1 Å². The third-order valence-electron chi connectivity index (χ3n) is 6.71. The van der Waals surface area contributed by atoms with Crippen LogP contribution < -0.4 is 14.4 Å². The summed E-state index contributed by atoms with van der Waals surface area (Å²) < 4.78 is 31.4. The molecule has 2 aromatic carbocycles.